The van der Waals surface area contributed by atoms with Gasteiger partial charge in [-0.05, 0) is 37.1 Å². The van der Waals surface area contributed by atoms with Gasteiger partial charge in [0.25, 0.3) is 0 Å². The van der Waals surface area contributed by atoms with Crippen molar-refractivity contribution in [2.24, 2.45) is 11.8 Å². The summed E-state index contributed by atoms with van der Waals surface area (Å²) < 4.78 is 0. The minimum Gasteiger partial charge on any atom is -0.294 e. The number of Topliss-reactive ketones (excluding diaryl/α,β-unsaturated/α-hetero) is 1. The summed E-state index contributed by atoms with van der Waals surface area (Å²) in [6.07, 6.45) is 6.00. The molecule has 88 valence electrons. The Labute approximate surface area is 102 Å². The first kappa shape index (κ1) is 11.8. The van der Waals surface area contributed by atoms with Crippen LogP contribution in [-0.2, 0) is 0 Å². The van der Waals surface area contributed by atoms with Crippen molar-refractivity contribution < 1.29 is 4.79 Å². The van der Waals surface area contributed by atoms with Crippen LogP contribution < -0.4 is 0 Å². The molecule has 1 nitrogen and oxygen atoms in total. The Kier molecular flexibility index (Phi) is 3.80. The van der Waals surface area contributed by atoms with E-state index in [0.29, 0.717) is 11.7 Å². The molecule has 1 aliphatic rings. The highest BCUT2D eigenvalue weighted by molar-refractivity contribution is 7.10. The molecular weight excluding hydrogens is 216 g/mol. The van der Waals surface area contributed by atoms with Crippen LogP contribution in [0.3, 0.4) is 0 Å². The van der Waals surface area contributed by atoms with E-state index in [0.717, 1.165) is 24.3 Å². The minimum atomic E-state index is 0.298. The maximum absolute atomic E-state index is 12.3. The maximum Gasteiger partial charge on any atom is 0.167 e. The van der Waals surface area contributed by atoms with E-state index in [1.807, 2.05) is 11.4 Å². The predicted molar refractivity (Wildman–Crippen MR) is 69.1 cm³/mol. The third kappa shape index (κ3) is 2.37. The second-order valence-electron chi connectivity index (χ2n) is 4.89. The summed E-state index contributed by atoms with van der Waals surface area (Å²) in [7, 11) is 0. The van der Waals surface area contributed by atoms with Crippen molar-refractivity contribution in [1.29, 1.82) is 0 Å². The molecule has 0 N–H and O–H groups in total. The van der Waals surface area contributed by atoms with Crippen molar-refractivity contribution >= 4 is 17.1 Å². The molecule has 2 atom stereocenters. The van der Waals surface area contributed by atoms with Gasteiger partial charge in [-0.15, -0.1) is 11.3 Å². The zero-order chi connectivity index (χ0) is 11.5. The van der Waals surface area contributed by atoms with Crippen LogP contribution in [0, 0.1) is 18.8 Å². The number of rotatable bonds is 3. The molecule has 1 heterocycles. The monoisotopic (exact) mass is 236 g/mol. The SMILES string of the molecule is CCC1CCCC(C(=O)c2ccsc2C)C1. The lowest BCUT2D eigenvalue weighted by molar-refractivity contribution is 0.0862. The average molecular weight is 236 g/mol. The van der Waals surface area contributed by atoms with Gasteiger partial charge in [-0.2, -0.15) is 0 Å². The molecule has 0 saturated heterocycles. The molecule has 0 bridgehead atoms. The highest BCUT2D eigenvalue weighted by Gasteiger charge is 2.27. The van der Waals surface area contributed by atoms with Crippen LogP contribution in [0.5, 0.6) is 0 Å². The molecule has 1 saturated carbocycles. The molecule has 2 rings (SSSR count). The van der Waals surface area contributed by atoms with Gasteiger partial charge in [-0.3, -0.25) is 4.79 Å². The summed E-state index contributed by atoms with van der Waals surface area (Å²) in [5.74, 6) is 1.48. The van der Waals surface area contributed by atoms with Gasteiger partial charge in [0.05, 0.1) is 0 Å². The molecule has 2 heteroatoms. The molecule has 1 aromatic heterocycles. The third-order valence-corrected chi connectivity index (χ3v) is 4.70. The first-order chi connectivity index (χ1) is 7.72. The number of ketones is 1. The summed E-state index contributed by atoms with van der Waals surface area (Å²) in [5.41, 5.74) is 0.978. The third-order valence-electron chi connectivity index (χ3n) is 3.86. The second kappa shape index (κ2) is 5.13. The van der Waals surface area contributed by atoms with E-state index in [1.165, 1.54) is 24.1 Å². The molecule has 0 radical (unpaired) electrons. The van der Waals surface area contributed by atoms with E-state index >= 15 is 0 Å². The van der Waals surface area contributed by atoms with Gasteiger partial charge >= 0.3 is 0 Å². The number of carbonyl (C=O) groups excluding carboxylic acids is 1. The van der Waals surface area contributed by atoms with Crippen molar-refractivity contribution in [1.82, 2.24) is 0 Å². The lowest BCUT2D eigenvalue weighted by atomic mass is 9.77. The van der Waals surface area contributed by atoms with Gasteiger partial charge in [0.1, 0.15) is 0 Å². The fourth-order valence-corrected chi connectivity index (χ4v) is 3.46. The fourth-order valence-electron chi connectivity index (χ4n) is 2.76. The molecule has 1 aliphatic carbocycles. The standard InChI is InChI=1S/C14H20OS/c1-3-11-5-4-6-12(9-11)14(15)13-7-8-16-10(13)2/h7-8,11-12H,3-6,9H2,1-2H3. The quantitative estimate of drug-likeness (QED) is 0.708. The molecule has 1 aromatic rings. The van der Waals surface area contributed by atoms with E-state index in [1.54, 1.807) is 11.3 Å². The Morgan fingerprint density at radius 3 is 2.94 bits per heavy atom. The zero-order valence-corrected chi connectivity index (χ0v) is 11.0. The number of aryl methyl sites for hydroxylation is 1. The van der Waals surface area contributed by atoms with Crippen molar-refractivity contribution in [3.63, 3.8) is 0 Å². The molecule has 0 aliphatic heterocycles. The maximum atomic E-state index is 12.3. The van der Waals surface area contributed by atoms with Crippen LogP contribution in [0.15, 0.2) is 11.4 Å². The van der Waals surface area contributed by atoms with Crippen molar-refractivity contribution in [2.45, 2.75) is 46.0 Å². The van der Waals surface area contributed by atoms with Gasteiger partial charge in [0.2, 0.25) is 0 Å². The van der Waals surface area contributed by atoms with E-state index in [4.69, 9.17) is 0 Å². The summed E-state index contributed by atoms with van der Waals surface area (Å²) >= 11 is 1.68. The molecule has 1 fully saturated rings. The van der Waals surface area contributed by atoms with E-state index < -0.39 is 0 Å². The molecule has 16 heavy (non-hydrogen) atoms. The van der Waals surface area contributed by atoms with Crippen molar-refractivity contribution in [2.75, 3.05) is 0 Å². The largest absolute Gasteiger partial charge is 0.294 e. The van der Waals surface area contributed by atoms with Crippen LogP contribution in [-0.4, -0.2) is 5.78 Å². The molecular formula is C14H20OS. The Morgan fingerprint density at radius 1 is 1.50 bits per heavy atom. The number of hydrogen-bond donors (Lipinski definition) is 0. The summed E-state index contributed by atoms with van der Waals surface area (Å²) in [6.45, 7) is 4.30. The van der Waals surface area contributed by atoms with Crippen molar-refractivity contribution in [3.05, 3.63) is 21.9 Å². The Balaban J connectivity index is 2.07. The minimum absolute atomic E-state index is 0.298. The zero-order valence-electron chi connectivity index (χ0n) is 10.2. The Hall–Kier alpha value is -0.630. The molecule has 0 aromatic carbocycles. The lowest BCUT2D eigenvalue weighted by Crippen LogP contribution is -2.22. The van der Waals surface area contributed by atoms with E-state index in [2.05, 4.69) is 13.8 Å². The van der Waals surface area contributed by atoms with Crippen LogP contribution in [0.25, 0.3) is 0 Å². The number of thiophene rings is 1. The highest BCUT2D eigenvalue weighted by atomic mass is 32.1. The van der Waals surface area contributed by atoms with Crippen LogP contribution in [0.1, 0.15) is 54.3 Å². The highest BCUT2D eigenvalue weighted by Crippen LogP contribution is 2.34. The molecule has 0 spiro atoms. The van der Waals surface area contributed by atoms with Gasteiger partial charge in [0.15, 0.2) is 5.78 Å². The normalized spacial score (nSPS) is 25.6. The smallest absolute Gasteiger partial charge is 0.167 e. The van der Waals surface area contributed by atoms with Gasteiger partial charge < -0.3 is 0 Å². The first-order valence-corrected chi connectivity index (χ1v) is 7.18. The van der Waals surface area contributed by atoms with Gasteiger partial charge in [-0.1, -0.05) is 26.2 Å². The summed E-state index contributed by atoms with van der Waals surface area (Å²) in [6, 6.07) is 2.00. The van der Waals surface area contributed by atoms with E-state index in [9.17, 15) is 4.79 Å². The molecule has 2 unspecified atom stereocenters. The Morgan fingerprint density at radius 2 is 2.31 bits per heavy atom. The summed E-state index contributed by atoms with van der Waals surface area (Å²) in [5, 5.41) is 2.03. The van der Waals surface area contributed by atoms with E-state index in [-0.39, 0.29) is 0 Å². The predicted octanol–water partition coefficient (Wildman–Crippen LogP) is 4.46. The van der Waals surface area contributed by atoms with Crippen LogP contribution >= 0.6 is 11.3 Å². The van der Waals surface area contributed by atoms with Crippen LogP contribution in [0.4, 0.5) is 0 Å². The fraction of sp³-hybridized carbons (Fsp3) is 0.643. The first-order valence-electron chi connectivity index (χ1n) is 6.30. The number of hydrogen-bond acceptors (Lipinski definition) is 2. The summed E-state index contributed by atoms with van der Waals surface area (Å²) in [4.78, 5) is 13.5. The Bertz CT molecular complexity index is 367. The second-order valence-corrected chi connectivity index (χ2v) is 6.01. The number of carbonyl (C=O) groups is 1. The topological polar surface area (TPSA) is 17.1 Å². The van der Waals surface area contributed by atoms with Gasteiger partial charge in [0, 0.05) is 16.4 Å². The van der Waals surface area contributed by atoms with Gasteiger partial charge in [-0.25, -0.2) is 0 Å². The lowest BCUT2D eigenvalue weighted by Gasteiger charge is -2.27. The van der Waals surface area contributed by atoms with Crippen LogP contribution in [0.2, 0.25) is 0 Å². The van der Waals surface area contributed by atoms with Crippen molar-refractivity contribution in [3.8, 4) is 0 Å². The molecule has 0 amide bonds. The average Bonchev–Trinajstić information content (AvgIpc) is 2.74.